The van der Waals surface area contributed by atoms with Gasteiger partial charge in [0.15, 0.2) is 0 Å². The topological polar surface area (TPSA) is 93.2 Å². The molecule has 2 heterocycles. The van der Waals surface area contributed by atoms with Gasteiger partial charge in [0.2, 0.25) is 5.91 Å². The molecule has 4 rings (SSSR count). The molecule has 0 atom stereocenters. The Bertz CT molecular complexity index is 1350. The van der Waals surface area contributed by atoms with Gasteiger partial charge < -0.3 is 15.4 Å². The molecular weight excluding hydrogens is 467 g/mol. The summed E-state index contributed by atoms with van der Waals surface area (Å²) in [5.74, 6) is -0.826. The van der Waals surface area contributed by atoms with Crippen molar-refractivity contribution in [1.82, 2.24) is 9.97 Å². The molecule has 2 aromatic heterocycles. The minimum Gasteiger partial charge on any atom is -0.487 e. The van der Waals surface area contributed by atoms with Crippen LogP contribution in [0.25, 0.3) is 6.08 Å². The molecule has 2 aromatic carbocycles. The third-order valence-corrected chi connectivity index (χ3v) is 5.57. The second kappa shape index (κ2) is 11.2. The summed E-state index contributed by atoms with van der Waals surface area (Å²) >= 11 is 1.57. The highest BCUT2D eigenvalue weighted by Crippen LogP contribution is 2.24. The Morgan fingerprint density at radius 2 is 1.89 bits per heavy atom. The summed E-state index contributed by atoms with van der Waals surface area (Å²) in [6, 6.07) is 15.9. The first kappa shape index (κ1) is 23.8. The average Bonchev–Trinajstić information content (AvgIpc) is 3.29. The summed E-state index contributed by atoms with van der Waals surface area (Å²) in [5, 5.41) is 8.19. The predicted octanol–water partition coefficient (Wildman–Crippen LogP) is 5.47. The maximum atomic E-state index is 13.8. The van der Waals surface area contributed by atoms with E-state index < -0.39 is 17.6 Å². The van der Waals surface area contributed by atoms with Gasteiger partial charge >= 0.3 is 0 Å². The van der Waals surface area contributed by atoms with E-state index in [-0.39, 0.29) is 17.1 Å². The minimum atomic E-state index is -0.552. The van der Waals surface area contributed by atoms with Crippen molar-refractivity contribution in [3.63, 3.8) is 0 Å². The number of thiazole rings is 1. The highest BCUT2D eigenvalue weighted by molar-refractivity contribution is 7.09. The molecule has 0 saturated heterocycles. The van der Waals surface area contributed by atoms with Gasteiger partial charge in [0.25, 0.3) is 5.91 Å². The van der Waals surface area contributed by atoms with Gasteiger partial charge in [-0.1, -0.05) is 18.2 Å². The Kier molecular flexibility index (Phi) is 7.59. The second-order valence-electron chi connectivity index (χ2n) is 7.40. The first-order valence-corrected chi connectivity index (χ1v) is 11.5. The molecule has 0 unspecified atom stereocenters. The fraction of sp³-hybridized carbons (Fsp3) is 0.0769. The van der Waals surface area contributed by atoms with E-state index in [1.165, 1.54) is 24.4 Å². The number of nitrogens with zero attached hydrogens (tertiary/aromatic N) is 2. The van der Waals surface area contributed by atoms with Gasteiger partial charge in [-0.2, -0.15) is 0 Å². The maximum absolute atomic E-state index is 13.8. The number of aryl methyl sites for hydroxylation is 1. The number of hydrogen-bond donors (Lipinski definition) is 2. The fourth-order valence-electron chi connectivity index (χ4n) is 3.07. The van der Waals surface area contributed by atoms with Crippen LogP contribution in [0, 0.1) is 12.7 Å². The van der Waals surface area contributed by atoms with Crippen LogP contribution >= 0.6 is 11.3 Å². The van der Waals surface area contributed by atoms with E-state index in [0.717, 1.165) is 22.3 Å². The minimum absolute atomic E-state index is 0.130. The van der Waals surface area contributed by atoms with Crippen LogP contribution < -0.4 is 15.4 Å². The number of nitrogens with one attached hydrogen (secondary N) is 2. The van der Waals surface area contributed by atoms with Crippen LogP contribution in [0.3, 0.4) is 0 Å². The van der Waals surface area contributed by atoms with Gasteiger partial charge in [0.05, 0.1) is 22.1 Å². The third kappa shape index (κ3) is 6.81. The van der Waals surface area contributed by atoms with Crippen molar-refractivity contribution in [2.24, 2.45) is 0 Å². The zero-order valence-electron chi connectivity index (χ0n) is 18.7. The summed E-state index contributed by atoms with van der Waals surface area (Å²) in [6.45, 7) is 2.33. The number of halogens is 1. The van der Waals surface area contributed by atoms with Crippen molar-refractivity contribution < 1.29 is 18.7 Å². The van der Waals surface area contributed by atoms with Crippen molar-refractivity contribution in [3.8, 4) is 5.75 Å². The van der Waals surface area contributed by atoms with Crippen molar-refractivity contribution in [2.45, 2.75) is 13.5 Å². The van der Waals surface area contributed by atoms with Crippen LogP contribution in [-0.4, -0.2) is 21.8 Å². The Morgan fingerprint density at radius 1 is 1.06 bits per heavy atom. The lowest BCUT2D eigenvalue weighted by Crippen LogP contribution is -2.16. The number of amides is 2. The highest BCUT2D eigenvalue weighted by atomic mass is 32.1. The number of pyridine rings is 1. The van der Waals surface area contributed by atoms with Crippen LogP contribution in [0.5, 0.6) is 5.75 Å². The molecule has 176 valence electrons. The fourth-order valence-corrected chi connectivity index (χ4v) is 3.66. The van der Waals surface area contributed by atoms with Crippen LogP contribution in [0.15, 0.2) is 78.3 Å². The number of carbonyl (C=O) groups is 2. The number of hydrogen-bond acceptors (Lipinski definition) is 6. The molecule has 0 aliphatic heterocycles. The molecule has 0 aliphatic rings. The Hall–Kier alpha value is -4.37. The SMILES string of the molecule is Cc1nc(COc2ccc(C=CC(=O)Nc3cc(F)ccc3NC(=O)c3ccccn3)cc2)cs1. The van der Waals surface area contributed by atoms with E-state index >= 15 is 0 Å². The van der Waals surface area contributed by atoms with Crippen molar-refractivity contribution >= 4 is 40.6 Å². The molecule has 35 heavy (non-hydrogen) atoms. The number of rotatable bonds is 8. The van der Waals surface area contributed by atoms with Crippen LogP contribution in [-0.2, 0) is 11.4 Å². The van der Waals surface area contributed by atoms with Crippen molar-refractivity contribution in [3.05, 3.63) is 106 Å². The lowest BCUT2D eigenvalue weighted by atomic mass is 10.2. The number of aromatic nitrogens is 2. The molecular formula is C26H21FN4O3S. The van der Waals surface area contributed by atoms with E-state index in [1.807, 2.05) is 24.4 Å². The molecule has 4 aromatic rings. The van der Waals surface area contributed by atoms with Gasteiger partial charge in [-0.3, -0.25) is 14.6 Å². The highest BCUT2D eigenvalue weighted by Gasteiger charge is 2.12. The van der Waals surface area contributed by atoms with Gasteiger partial charge in [-0.15, -0.1) is 11.3 Å². The average molecular weight is 489 g/mol. The third-order valence-electron chi connectivity index (χ3n) is 4.75. The molecule has 0 saturated carbocycles. The summed E-state index contributed by atoms with van der Waals surface area (Å²) in [4.78, 5) is 33.2. The summed E-state index contributed by atoms with van der Waals surface area (Å²) in [6.07, 6.45) is 4.44. The normalized spacial score (nSPS) is 10.8. The molecule has 0 radical (unpaired) electrons. The zero-order chi connectivity index (χ0) is 24.6. The predicted molar refractivity (Wildman–Crippen MR) is 134 cm³/mol. The van der Waals surface area contributed by atoms with Gasteiger partial charge in [0, 0.05) is 17.7 Å². The van der Waals surface area contributed by atoms with Crippen LogP contribution in [0.4, 0.5) is 15.8 Å². The lowest BCUT2D eigenvalue weighted by molar-refractivity contribution is -0.111. The second-order valence-corrected chi connectivity index (χ2v) is 8.46. The molecule has 7 nitrogen and oxygen atoms in total. The molecule has 0 fully saturated rings. The molecule has 0 spiro atoms. The number of ether oxygens (including phenoxy) is 1. The Balaban J connectivity index is 1.36. The van der Waals surface area contributed by atoms with E-state index in [4.69, 9.17) is 4.74 Å². The van der Waals surface area contributed by atoms with E-state index in [1.54, 1.807) is 47.7 Å². The first-order valence-electron chi connectivity index (χ1n) is 10.6. The molecule has 9 heteroatoms. The van der Waals surface area contributed by atoms with Crippen LogP contribution in [0.2, 0.25) is 0 Å². The molecule has 2 N–H and O–H groups in total. The monoisotopic (exact) mass is 488 g/mol. The summed E-state index contributed by atoms with van der Waals surface area (Å²) < 4.78 is 19.5. The smallest absolute Gasteiger partial charge is 0.274 e. The Labute approximate surface area is 205 Å². The van der Waals surface area contributed by atoms with Crippen LogP contribution in [0.1, 0.15) is 26.8 Å². The van der Waals surface area contributed by atoms with E-state index in [2.05, 4.69) is 20.6 Å². The summed E-state index contributed by atoms with van der Waals surface area (Å²) in [7, 11) is 0. The first-order chi connectivity index (χ1) is 17.0. The summed E-state index contributed by atoms with van der Waals surface area (Å²) in [5.41, 5.74) is 2.23. The standard InChI is InChI=1S/C26H21FN4O3S/c1-17-29-20(16-35-17)15-34-21-9-5-18(6-10-21)7-12-25(32)30-24-14-19(27)8-11-22(24)31-26(33)23-4-2-3-13-28-23/h2-14,16H,15H2,1H3,(H,30,32)(H,31,33). The van der Waals surface area contributed by atoms with Gasteiger partial charge in [-0.25, -0.2) is 9.37 Å². The quantitative estimate of drug-likeness (QED) is 0.321. The molecule has 0 aliphatic carbocycles. The van der Waals surface area contributed by atoms with Crippen molar-refractivity contribution in [2.75, 3.05) is 10.6 Å². The van der Waals surface area contributed by atoms with Crippen molar-refractivity contribution in [1.29, 1.82) is 0 Å². The maximum Gasteiger partial charge on any atom is 0.274 e. The lowest BCUT2D eigenvalue weighted by Gasteiger charge is -2.11. The molecule has 2 amide bonds. The van der Waals surface area contributed by atoms with E-state index in [0.29, 0.717) is 12.4 Å². The zero-order valence-corrected chi connectivity index (χ0v) is 19.5. The Morgan fingerprint density at radius 3 is 2.60 bits per heavy atom. The van der Waals surface area contributed by atoms with E-state index in [9.17, 15) is 14.0 Å². The number of benzene rings is 2. The molecule has 0 bridgehead atoms. The van der Waals surface area contributed by atoms with Gasteiger partial charge in [0.1, 0.15) is 23.9 Å². The largest absolute Gasteiger partial charge is 0.487 e. The number of carbonyl (C=O) groups excluding carboxylic acids is 2. The number of anilines is 2. The van der Waals surface area contributed by atoms with Gasteiger partial charge in [-0.05, 0) is 61.0 Å².